The standard InChI is InChI=1S/C40H50N12O4/c1-10-40(6,52-29-17-15-27(35(54)42-7)23-31(29)48(9)39(52)44-37(56)33-21-25(5)46-51(33)12-3)18-13-19-49-28-16-14-26(34(41)53)22-30(28)47(8)38(49)43-36(55)32-20-24(4)45-50(32)11-2/h14-17,20-23H,10-13,18-19H2,1-9H3,(H2,41,53)(H,42,54). The van der Waals surface area contributed by atoms with Crippen LogP contribution in [-0.4, -0.2) is 68.5 Å². The quantitative estimate of drug-likeness (QED) is 0.191. The van der Waals surface area contributed by atoms with Gasteiger partial charge in [0.15, 0.2) is 0 Å². The molecule has 2 aromatic carbocycles. The highest BCUT2D eigenvalue weighted by molar-refractivity contribution is 5.98. The second-order valence-corrected chi connectivity index (χ2v) is 14.3. The first-order chi connectivity index (χ1) is 26.7. The predicted octanol–water partition coefficient (Wildman–Crippen LogP) is 3.87. The van der Waals surface area contributed by atoms with Gasteiger partial charge in [0.25, 0.3) is 17.7 Å². The fourth-order valence-corrected chi connectivity index (χ4v) is 7.49. The van der Waals surface area contributed by atoms with Crippen LogP contribution in [-0.2, 0) is 39.3 Å². The second-order valence-electron chi connectivity index (χ2n) is 14.3. The van der Waals surface area contributed by atoms with Gasteiger partial charge >= 0.3 is 0 Å². The van der Waals surface area contributed by atoms with Crippen molar-refractivity contribution in [2.24, 2.45) is 29.8 Å². The van der Waals surface area contributed by atoms with Crippen molar-refractivity contribution >= 4 is 45.7 Å². The fourth-order valence-electron chi connectivity index (χ4n) is 7.49. The highest BCUT2D eigenvalue weighted by Gasteiger charge is 2.30. The number of fused-ring (bicyclic) bond motifs is 2. The summed E-state index contributed by atoms with van der Waals surface area (Å²) in [7, 11) is 5.24. The van der Waals surface area contributed by atoms with E-state index in [0.29, 0.717) is 78.2 Å². The van der Waals surface area contributed by atoms with Gasteiger partial charge in [-0.1, -0.05) is 6.92 Å². The zero-order chi connectivity index (χ0) is 40.6. The SMILES string of the molecule is CCn1nc(C)cc1C(=O)N=c1n(C)c2cc(C(N)=O)ccc2n1CCCC(C)(CC)n1c(=NC(=O)c2cc(C)nn2CC)n(C)c2cc(C(=O)NC)ccc21. The Morgan fingerprint density at radius 2 is 1.27 bits per heavy atom. The Hall–Kier alpha value is -6.32. The maximum Gasteiger partial charge on any atom is 0.298 e. The van der Waals surface area contributed by atoms with Gasteiger partial charge in [-0.3, -0.25) is 28.5 Å². The molecule has 1 unspecified atom stereocenters. The first-order valence-electron chi connectivity index (χ1n) is 18.9. The van der Waals surface area contributed by atoms with Crippen LogP contribution in [0.5, 0.6) is 0 Å². The van der Waals surface area contributed by atoms with Gasteiger partial charge in [-0.05, 0) is 102 Å². The zero-order valence-corrected chi connectivity index (χ0v) is 33.5. The Kier molecular flexibility index (Phi) is 10.9. The number of nitrogens with two attached hydrogens (primary N) is 1. The topological polar surface area (TPSA) is 186 Å². The number of amides is 4. The molecule has 4 heterocycles. The highest BCUT2D eigenvalue weighted by atomic mass is 16.2. The molecule has 0 aliphatic carbocycles. The third kappa shape index (κ3) is 7.02. The highest BCUT2D eigenvalue weighted by Crippen LogP contribution is 2.30. The van der Waals surface area contributed by atoms with Crippen molar-refractivity contribution < 1.29 is 19.2 Å². The van der Waals surface area contributed by atoms with Crippen molar-refractivity contribution in [2.75, 3.05) is 7.05 Å². The Morgan fingerprint density at radius 1 is 0.750 bits per heavy atom. The molecule has 0 aliphatic heterocycles. The molecule has 0 bridgehead atoms. The minimum atomic E-state index is -0.573. The molecule has 0 saturated heterocycles. The second kappa shape index (κ2) is 15.4. The van der Waals surface area contributed by atoms with E-state index in [0.717, 1.165) is 27.9 Å². The summed E-state index contributed by atoms with van der Waals surface area (Å²) >= 11 is 0. The number of aromatic nitrogens is 8. The number of carbonyl (C=O) groups is 4. The normalized spacial score (nSPS) is 13.5. The largest absolute Gasteiger partial charge is 0.366 e. The molecule has 4 aromatic heterocycles. The van der Waals surface area contributed by atoms with Crippen molar-refractivity contribution in [1.82, 2.24) is 43.1 Å². The number of aryl methyl sites for hydroxylation is 7. The number of carbonyl (C=O) groups excluding carboxylic acids is 4. The first-order valence-corrected chi connectivity index (χ1v) is 18.9. The fraction of sp³-hybridized carbons (Fsp3) is 0.400. The van der Waals surface area contributed by atoms with Crippen LogP contribution in [0.15, 0.2) is 58.5 Å². The van der Waals surface area contributed by atoms with Gasteiger partial charge in [-0.15, -0.1) is 0 Å². The van der Waals surface area contributed by atoms with Gasteiger partial charge in [0.2, 0.25) is 17.1 Å². The summed E-state index contributed by atoms with van der Waals surface area (Å²) in [6.07, 6.45) is 1.93. The van der Waals surface area contributed by atoms with Crippen LogP contribution < -0.4 is 22.3 Å². The molecular weight excluding hydrogens is 713 g/mol. The van der Waals surface area contributed by atoms with Crippen molar-refractivity contribution in [2.45, 2.75) is 86.0 Å². The van der Waals surface area contributed by atoms with Gasteiger partial charge in [0.1, 0.15) is 11.4 Å². The number of benzene rings is 2. The third-order valence-electron chi connectivity index (χ3n) is 10.7. The van der Waals surface area contributed by atoms with E-state index >= 15 is 0 Å². The average Bonchev–Trinajstić information content (AvgIpc) is 3.91. The van der Waals surface area contributed by atoms with Gasteiger partial charge in [-0.2, -0.15) is 20.2 Å². The van der Waals surface area contributed by atoms with Gasteiger partial charge in [-0.25, -0.2) is 0 Å². The number of rotatable bonds is 12. The van der Waals surface area contributed by atoms with Crippen molar-refractivity contribution in [3.8, 4) is 0 Å². The Balaban J connectivity index is 1.47. The van der Waals surface area contributed by atoms with Crippen LogP contribution in [0, 0.1) is 13.8 Å². The molecule has 56 heavy (non-hydrogen) atoms. The van der Waals surface area contributed by atoms with Gasteiger partial charge in [0, 0.05) is 57.4 Å². The lowest BCUT2D eigenvalue weighted by atomic mass is 9.92. The summed E-state index contributed by atoms with van der Waals surface area (Å²) in [4.78, 5) is 61.8. The molecule has 4 amide bonds. The number of imidazole rings is 2. The predicted molar refractivity (Wildman–Crippen MR) is 212 cm³/mol. The molecule has 0 aliphatic rings. The third-order valence-corrected chi connectivity index (χ3v) is 10.7. The molecule has 16 nitrogen and oxygen atoms in total. The van der Waals surface area contributed by atoms with E-state index in [-0.39, 0.29) is 5.91 Å². The molecule has 1 atom stereocenters. The van der Waals surface area contributed by atoms with Crippen molar-refractivity contribution in [3.63, 3.8) is 0 Å². The van der Waals surface area contributed by atoms with Crippen molar-refractivity contribution in [1.29, 1.82) is 0 Å². The van der Waals surface area contributed by atoms with Crippen LogP contribution >= 0.6 is 0 Å². The van der Waals surface area contributed by atoms with Gasteiger partial charge in [0.05, 0.1) is 33.5 Å². The van der Waals surface area contributed by atoms with Crippen molar-refractivity contribution in [3.05, 3.63) is 93.7 Å². The summed E-state index contributed by atoms with van der Waals surface area (Å²) in [5, 5.41) is 11.6. The van der Waals surface area contributed by atoms with Crippen LogP contribution in [0.25, 0.3) is 22.1 Å². The Labute approximate surface area is 324 Å². The molecule has 6 rings (SSSR count). The minimum Gasteiger partial charge on any atom is -0.366 e. The Morgan fingerprint density at radius 3 is 1.82 bits per heavy atom. The molecule has 0 fully saturated rings. The van der Waals surface area contributed by atoms with E-state index in [2.05, 4.69) is 38.9 Å². The molecule has 0 spiro atoms. The van der Waals surface area contributed by atoms with E-state index in [1.165, 1.54) is 0 Å². The minimum absolute atomic E-state index is 0.223. The number of nitrogens with one attached hydrogen (secondary N) is 1. The Bertz CT molecular complexity index is 2680. The van der Waals surface area contributed by atoms with Crippen LogP contribution in [0.3, 0.4) is 0 Å². The number of hydrogen-bond donors (Lipinski definition) is 2. The molecule has 294 valence electrons. The summed E-state index contributed by atoms with van der Waals surface area (Å²) < 4.78 is 11.0. The number of primary amides is 1. The van der Waals surface area contributed by atoms with E-state index < -0.39 is 23.3 Å². The molecule has 16 heteroatoms. The van der Waals surface area contributed by atoms with Gasteiger partial charge < -0.3 is 29.3 Å². The molecule has 0 radical (unpaired) electrons. The smallest absolute Gasteiger partial charge is 0.298 e. The first kappa shape index (κ1) is 39.4. The summed E-state index contributed by atoms with van der Waals surface area (Å²) in [6.45, 7) is 13.2. The van der Waals surface area contributed by atoms with Crippen LogP contribution in [0.2, 0.25) is 0 Å². The zero-order valence-electron chi connectivity index (χ0n) is 33.5. The van der Waals surface area contributed by atoms with E-state index in [9.17, 15) is 19.2 Å². The van der Waals surface area contributed by atoms with E-state index in [1.54, 1.807) is 51.3 Å². The molecule has 3 N–H and O–H groups in total. The molecular formula is C40H50N12O4. The van der Waals surface area contributed by atoms with E-state index in [4.69, 9.17) is 10.7 Å². The lowest BCUT2D eigenvalue weighted by Crippen LogP contribution is -2.40. The maximum absolute atomic E-state index is 13.9. The summed E-state index contributed by atoms with van der Waals surface area (Å²) in [5.74, 6) is -1.63. The molecule has 0 saturated carbocycles. The lowest BCUT2D eigenvalue weighted by Gasteiger charge is -2.31. The monoisotopic (exact) mass is 762 g/mol. The van der Waals surface area contributed by atoms with Crippen LogP contribution in [0.4, 0.5) is 0 Å². The summed E-state index contributed by atoms with van der Waals surface area (Å²) in [5.41, 5.74) is 12.0. The van der Waals surface area contributed by atoms with Crippen LogP contribution in [0.1, 0.15) is 100 Å². The summed E-state index contributed by atoms with van der Waals surface area (Å²) in [6, 6.07) is 14.2. The number of hydrogen-bond acceptors (Lipinski definition) is 6. The van der Waals surface area contributed by atoms with E-state index in [1.807, 2.05) is 69.1 Å². The lowest BCUT2D eigenvalue weighted by molar-refractivity contribution is 0.0959. The maximum atomic E-state index is 13.9. The number of nitrogens with zero attached hydrogens (tertiary/aromatic N) is 10. The average molecular weight is 763 g/mol. The molecule has 6 aromatic rings.